The van der Waals surface area contributed by atoms with Crippen LogP contribution in [-0.4, -0.2) is 0 Å². The number of thiol groups is 1. The molecule has 1 aromatic heterocycles. The molecule has 0 aliphatic heterocycles. The largest absolute Gasteiger partial charge is 0.398 e. The van der Waals surface area contributed by atoms with E-state index in [0.717, 1.165) is 5.39 Å². The van der Waals surface area contributed by atoms with Crippen molar-refractivity contribution in [2.75, 3.05) is 5.73 Å². The number of rotatable bonds is 1. The first-order valence-electron chi connectivity index (χ1n) is 3.88. The first-order valence-corrected chi connectivity index (χ1v) is 5.15. The molecule has 0 fully saturated rings. The van der Waals surface area contributed by atoms with Crippen molar-refractivity contribution in [1.29, 1.82) is 0 Å². The van der Waals surface area contributed by atoms with E-state index in [1.807, 2.05) is 0 Å². The molecule has 0 bridgehead atoms. The molecule has 0 atom stereocenters. The third-order valence-corrected chi connectivity index (χ3v) is 3.35. The second-order valence-corrected chi connectivity index (χ2v) is 4.71. The monoisotopic (exact) mass is 231 g/mol. The number of benzene rings is 1. The third-order valence-electron chi connectivity index (χ3n) is 1.96. The predicted molar refractivity (Wildman–Crippen MR) is 58.4 cm³/mol. The maximum atomic E-state index is 12.7. The highest BCUT2D eigenvalue weighted by Gasteiger charge is 2.16. The Bertz CT molecular complexity index is 479. The fourth-order valence-corrected chi connectivity index (χ4v) is 2.72. The van der Waals surface area contributed by atoms with Crippen molar-refractivity contribution in [3.05, 3.63) is 23.8 Å². The van der Waals surface area contributed by atoms with Gasteiger partial charge in [-0.15, -0.1) is 24.0 Å². The summed E-state index contributed by atoms with van der Waals surface area (Å²) >= 11 is 5.35. The van der Waals surface area contributed by atoms with E-state index < -0.39 is 6.43 Å². The number of anilines is 1. The van der Waals surface area contributed by atoms with E-state index in [4.69, 9.17) is 5.73 Å². The smallest absolute Gasteiger partial charge is 0.267 e. The number of hydrogen-bond acceptors (Lipinski definition) is 3. The quantitative estimate of drug-likeness (QED) is 0.568. The van der Waals surface area contributed by atoms with Crippen LogP contribution in [0.1, 0.15) is 12.0 Å². The summed E-state index contributed by atoms with van der Waals surface area (Å²) in [6.07, 6.45) is -2.54. The average molecular weight is 231 g/mol. The molecule has 74 valence electrons. The van der Waals surface area contributed by atoms with Crippen molar-refractivity contribution in [3.8, 4) is 0 Å². The lowest BCUT2D eigenvalue weighted by molar-refractivity contribution is 0.154. The highest BCUT2D eigenvalue weighted by atomic mass is 32.2. The fourth-order valence-electron chi connectivity index (χ4n) is 1.35. The van der Waals surface area contributed by atoms with Gasteiger partial charge in [0.25, 0.3) is 6.43 Å². The number of thiophene rings is 1. The Labute approximate surface area is 88.9 Å². The number of fused-ring (bicyclic) bond motifs is 1. The highest BCUT2D eigenvalue weighted by Crippen LogP contribution is 2.38. The minimum absolute atomic E-state index is 0.0761. The van der Waals surface area contributed by atoms with E-state index in [1.165, 1.54) is 17.4 Å². The number of nitrogens with two attached hydrogens (primary N) is 1. The van der Waals surface area contributed by atoms with Crippen LogP contribution in [-0.2, 0) is 0 Å². The van der Waals surface area contributed by atoms with Crippen LogP contribution in [0, 0.1) is 0 Å². The fraction of sp³-hybridized carbons (Fsp3) is 0.111. The average Bonchev–Trinajstić information content (AvgIpc) is 2.43. The normalized spacial score (nSPS) is 11.4. The van der Waals surface area contributed by atoms with Gasteiger partial charge in [0.05, 0.1) is 9.77 Å². The summed E-state index contributed by atoms with van der Waals surface area (Å²) in [5.41, 5.74) is 5.56. The zero-order chi connectivity index (χ0) is 10.3. The van der Waals surface area contributed by atoms with Gasteiger partial charge in [-0.25, -0.2) is 8.78 Å². The highest BCUT2D eigenvalue weighted by molar-refractivity contribution is 7.83. The molecule has 1 heterocycles. The molecular formula is C9H7F2NS2. The molecule has 1 nitrogen and oxygen atoms in total. The first-order chi connectivity index (χ1) is 6.59. The Balaban J connectivity index is 2.82. The summed E-state index contributed by atoms with van der Waals surface area (Å²) in [7, 11) is 0. The topological polar surface area (TPSA) is 26.0 Å². The number of halogens is 2. The SMILES string of the molecule is Nc1ccc2cc(S)sc2c1C(F)F. The van der Waals surface area contributed by atoms with Crippen LogP contribution in [0.5, 0.6) is 0 Å². The molecule has 0 unspecified atom stereocenters. The van der Waals surface area contributed by atoms with Gasteiger partial charge in [-0.05, 0) is 17.5 Å². The van der Waals surface area contributed by atoms with Gasteiger partial charge in [-0.2, -0.15) is 0 Å². The van der Waals surface area contributed by atoms with E-state index in [2.05, 4.69) is 12.6 Å². The van der Waals surface area contributed by atoms with Crippen molar-refractivity contribution in [2.45, 2.75) is 10.6 Å². The van der Waals surface area contributed by atoms with E-state index >= 15 is 0 Å². The molecule has 0 aliphatic rings. The van der Waals surface area contributed by atoms with Crippen LogP contribution < -0.4 is 5.73 Å². The Kier molecular flexibility index (Phi) is 2.36. The van der Waals surface area contributed by atoms with Crippen LogP contribution in [0.15, 0.2) is 22.4 Å². The molecule has 5 heteroatoms. The molecule has 14 heavy (non-hydrogen) atoms. The van der Waals surface area contributed by atoms with Crippen molar-refractivity contribution in [2.24, 2.45) is 0 Å². The predicted octanol–water partition coefficient (Wildman–Crippen LogP) is 3.71. The molecule has 1 aromatic carbocycles. The zero-order valence-corrected chi connectivity index (χ0v) is 8.71. The van der Waals surface area contributed by atoms with Gasteiger partial charge in [0, 0.05) is 10.4 Å². The molecule has 0 spiro atoms. The molecular weight excluding hydrogens is 224 g/mol. The van der Waals surface area contributed by atoms with Crippen molar-refractivity contribution < 1.29 is 8.78 Å². The standard InChI is InChI=1S/C9H7F2NS2/c10-9(11)7-5(12)2-1-4-3-6(13)14-8(4)7/h1-3,9,13H,12H2. The van der Waals surface area contributed by atoms with Crippen LogP contribution in [0.25, 0.3) is 10.1 Å². The van der Waals surface area contributed by atoms with E-state index in [-0.39, 0.29) is 11.3 Å². The van der Waals surface area contributed by atoms with E-state index in [1.54, 1.807) is 12.1 Å². The van der Waals surface area contributed by atoms with Gasteiger partial charge in [-0.3, -0.25) is 0 Å². The summed E-state index contributed by atoms with van der Waals surface area (Å²) in [6, 6.07) is 4.99. The van der Waals surface area contributed by atoms with Crippen molar-refractivity contribution in [1.82, 2.24) is 0 Å². The lowest BCUT2D eigenvalue weighted by atomic mass is 10.1. The summed E-state index contributed by atoms with van der Waals surface area (Å²) in [6.45, 7) is 0. The maximum Gasteiger partial charge on any atom is 0.267 e. The summed E-state index contributed by atoms with van der Waals surface area (Å²) in [4.78, 5) is 0. The van der Waals surface area contributed by atoms with Crippen molar-refractivity contribution >= 4 is 39.7 Å². The lowest BCUT2D eigenvalue weighted by Crippen LogP contribution is -1.94. The number of alkyl halides is 2. The minimum atomic E-state index is -2.54. The summed E-state index contributed by atoms with van der Waals surface area (Å²) in [5.74, 6) is 0. The third kappa shape index (κ3) is 1.46. The number of hydrogen-bond donors (Lipinski definition) is 2. The van der Waals surface area contributed by atoms with Gasteiger partial charge in [0.2, 0.25) is 0 Å². The van der Waals surface area contributed by atoms with Gasteiger partial charge in [-0.1, -0.05) is 6.07 Å². The molecule has 0 saturated carbocycles. The van der Waals surface area contributed by atoms with Crippen LogP contribution in [0.3, 0.4) is 0 Å². The minimum Gasteiger partial charge on any atom is -0.398 e. The summed E-state index contributed by atoms with van der Waals surface area (Å²) < 4.78 is 26.6. The lowest BCUT2D eigenvalue weighted by Gasteiger charge is -2.04. The second kappa shape index (κ2) is 3.40. The van der Waals surface area contributed by atoms with Crippen molar-refractivity contribution in [3.63, 3.8) is 0 Å². The molecule has 2 aromatic rings. The first kappa shape index (κ1) is 9.73. The van der Waals surface area contributed by atoms with Gasteiger partial charge in [0.1, 0.15) is 0 Å². The van der Waals surface area contributed by atoms with Gasteiger partial charge >= 0.3 is 0 Å². The molecule has 0 amide bonds. The second-order valence-electron chi connectivity index (χ2n) is 2.87. The maximum absolute atomic E-state index is 12.7. The van der Waals surface area contributed by atoms with Crippen LogP contribution in [0.4, 0.5) is 14.5 Å². The Morgan fingerprint density at radius 3 is 2.71 bits per heavy atom. The van der Waals surface area contributed by atoms with Crippen LogP contribution in [0.2, 0.25) is 0 Å². The molecule has 0 aliphatic carbocycles. The molecule has 0 radical (unpaired) electrons. The van der Waals surface area contributed by atoms with E-state index in [0.29, 0.717) is 8.91 Å². The van der Waals surface area contributed by atoms with Crippen LogP contribution >= 0.6 is 24.0 Å². The Morgan fingerprint density at radius 1 is 1.36 bits per heavy atom. The van der Waals surface area contributed by atoms with Gasteiger partial charge < -0.3 is 5.73 Å². The molecule has 2 N–H and O–H groups in total. The van der Waals surface area contributed by atoms with Gasteiger partial charge in [0.15, 0.2) is 0 Å². The Morgan fingerprint density at radius 2 is 2.07 bits per heavy atom. The number of nitrogen functional groups attached to an aromatic ring is 1. The molecule has 0 saturated heterocycles. The zero-order valence-electron chi connectivity index (χ0n) is 7.00. The molecule has 2 rings (SSSR count). The summed E-state index contributed by atoms with van der Waals surface area (Å²) in [5, 5.41) is 0.768. The van der Waals surface area contributed by atoms with E-state index in [9.17, 15) is 8.78 Å². The Hall–Kier alpha value is -0.810.